The molecule has 0 saturated heterocycles. The number of aromatic hydroxyl groups is 1. The molecule has 0 aromatic heterocycles. The smallest absolute Gasteiger partial charge is 0.408 e. The first kappa shape index (κ1) is 29.9. The molecule has 0 saturated carbocycles. The van der Waals surface area contributed by atoms with Crippen molar-refractivity contribution in [3.05, 3.63) is 54.1 Å². The van der Waals surface area contributed by atoms with Crippen LogP contribution in [0.5, 0.6) is 11.5 Å². The van der Waals surface area contributed by atoms with Gasteiger partial charge < -0.3 is 35.8 Å². The van der Waals surface area contributed by atoms with Crippen molar-refractivity contribution < 1.29 is 33.8 Å². The maximum atomic E-state index is 13.8. The fourth-order valence-electron chi connectivity index (χ4n) is 3.67. The van der Waals surface area contributed by atoms with Crippen molar-refractivity contribution in [2.45, 2.75) is 58.2 Å². The molecule has 206 valence electrons. The van der Waals surface area contributed by atoms with Crippen LogP contribution in [0.4, 0.5) is 10.5 Å². The van der Waals surface area contributed by atoms with Crippen LogP contribution in [0.15, 0.2) is 48.5 Å². The minimum atomic E-state index is -1.37. The fourth-order valence-corrected chi connectivity index (χ4v) is 3.67. The SMILES string of the molecule is CCCN(C(=O)C(CC(N)=O)NC(=O)OC(C)(C)C)C(C(=O)Nc1ccc(OC)cc1)c1ccc(O)cc1. The van der Waals surface area contributed by atoms with Gasteiger partial charge in [0.05, 0.1) is 13.5 Å². The van der Waals surface area contributed by atoms with Gasteiger partial charge in [0.15, 0.2) is 0 Å². The van der Waals surface area contributed by atoms with Crippen LogP contribution in [0.1, 0.15) is 52.1 Å². The van der Waals surface area contributed by atoms with Gasteiger partial charge in [-0.15, -0.1) is 0 Å². The number of nitrogens with zero attached hydrogens (tertiary/aromatic N) is 1. The molecule has 38 heavy (non-hydrogen) atoms. The maximum absolute atomic E-state index is 13.8. The van der Waals surface area contributed by atoms with Crippen molar-refractivity contribution in [2.75, 3.05) is 19.0 Å². The molecule has 0 spiro atoms. The maximum Gasteiger partial charge on any atom is 0.408 e. The number of alkyl carbamates (subject to hydrolysis) is 1. The largest absolute Gasteiger partial charge is 0.508 e. The van der Waals surface area contributed by atoms with E-state index in [0.29, 0.717) is 23.4 Å². The van der Waals surface area contributed by atoms with E-state index < -0.39 is 47.9 Å². The lowest BCUT2D eigenvalue weighted by Gasteiger charge is -2.34. The van der Waals surface area contributed by atoms with Crippen molar-refractivity contribution in [3.63, 3.8) is 0 Å². The van der Waals surface area contributed by atoms with Gasteiger partial charge in [0, 0.05) is 12.2 Å². The molecular weight excluding hydrogens is 492 g/mol. The van der Waals surface area contributed by atoms with E-state index in [1.54, 1.807) is 45.0 Å². The Kier molecular flexibility index (Phi) is 10.5. The number of methoxy groups -OCH3 is 1. The molecule has 2 atom stereocenters. The van der Waals surface area contributed by atoms with Crippen molar-refractivity contribution in [3.8, 4) is 11.5 Å². The van der Waals surface area contributed by atoms with E-state index in [1.165, 1.54) is 36.3 Å². The normalized spacial score (nSPS) is 12.6. The van der Waals surface area contributed by atoms with E-state index in [2.05, 4.69) is 10.6 Å². The highest BCUT2D eigenvalue weighted by Gasteiger charge is 2.36. The van der Waals surface area contributed by atoms with E-state index in [0.717, 1.165) is 0 Å². The van der Waals surface area contributed by atoms with Gasteiger partial charge in [-0.25, -0.2) is 4.79 Å². The van der Waals surface area contributed by atoms with Crippen LogP contribution in [0, 0.1) is 0 Å². The molecule has 2 aromatic carbocycles. The number of anilines is 1. The highest BCUT2D eigenvalue weighted by Crippen LogP contribution is 2.27. The summed E-state index contributed by atoms with van der Waals surface area (Å²) in [7, 11) is 1.52. The molecule has 5 N–H and O–H groups in total. The van der Waals surface area contributed by atoms with Crippen LogP contribution < -0.4 is 21.1 Å². The highest BCUT2D eigenvalue weighted by molar-refractivity contribution is 5.99. The molecule has 2 unspecified atom stereocenters. The third-order valence-corrected chi connectivity index (χ3v) is 5.27. The number of ether oxygens (including phenoxy) is 2. The molecule has 0 aliphatic heterocycles. The van der Waals surface area contributed by atoms with E-state index in [-0.39, 0.29) is 12.3 Å². The Hall–Kier alpha value is -4.28. The Morgan fingerprint density at radius 3 is 2.13 bits per heavy atom. The van der Waals surface area contributed by atoms with Crippen LogP contribution in [0.3, 0.4) is 0 Å². The second-order valence-electron chi connectivity index (χ2n) is 9.61. The monoisotopic (exact) mass is 528 g/mol. The zero-order valence-electron chi connectivity index (χ0n) is 22.3. The Morgan fingerprint density at radius 1 is 1.03 bits per heavy atom. The van der Waals surface area contributed by atoms with E-state index >= 15 is 0 Å². The van der Waals surface area contributed by atoms with Gasteiger partial charge in [0.2, 0.25) is 11.8 Å². The lowest BCUT2D eigenvalue weighted by Crippen LogP contribution is -2.53. The van der Waals surface area contributed by atoms with Gasteiger partial charge >= 0.3 is 6.09 Å². The van der Waals surface area contributed by atoms with Gasteiger partial charge in [0.1, 0.15) is 29.2 Å². The Bertz CT molecular complexity index is 1110. The number of benzene rings is 2. The summed E-state index contributed by atoms with van der Waals surface area (Å²) < 4.78 is 10.4. The predicted molar refractivity (Wildman–Crippen MR) is 141 cm³/mol. The average molecular weight is 529 g/mol. The topological polar surface area (TPSA) is 160 Å². The summed E-state index contributed by atoms with van der Waals surface area (Å²) in [6.07, 6.45) is -0.940. The first-order valence-electron chi connectivity index (χ1n) is 12.2. The van der Waals surface area contributed by atoms with E-state index in [9.17, 15) is 24.3 Å². The predicted octanol–water partition coefficient (Wildman–Crippen LogP) is 3.09. The Morgan fingerprint density at radius 2 is 1.63 bits per heavy atom. The number of carbonyl (C=O) groups is 4. The number of nitrogens with one attached hydrogen (secondary N) is 2. The van der Waals surface area contributed by atoms with Crippen LogP contribution in [0.2, 0.25) is 0 Å². The molecule has 0 radical (unpaired) electrons. The summed E-state index contributed by atoms with van der Waals surface area (Å²) in [5, 5.41) is 15.0. The van der Waals surface area contributed by atoms with Gasteiger partial charge in [0.25, 0.3) is 5.91 Å². The van der Waals surface area contributed by atoms with Crippen LogP contribution in [0.25, 0.3) is 0 Å². The molecule has 2 rings (SSSR count). The van der Waals surface area contributed by atoms with Gasteiger partial charge in [-0.05, 0) is 69.2 Å². The van der Waals surface area contributed by atoms with E-state index in [1.807, 2.05) is 6.92 Å². The molecule has 2 aromatic rings. The first-order chi connectivity index (χ1) is 17.8. The lowest BCUT2D eigenvalue weighted by molar-refractivity contribution is -0.141. The summed E-state index contributed by atoms with van der Waals surface area (Å²) in [6, 6.07) is 9.95. The number of hydrogen-bond acceptors (Lipinski definition) is 7. The van der Waals surface area contributed by atoms with E-state index in [4.69, 9.17) is 15.2 Å². The molecule has 11 nitrogen and oxygen atoms in total. The minimum Gasteiger partial charge on any atom is -0.508 e. The molecule has 0 bridgehead atoms. The second kappa shape index (κ2) is 13.3. The van der Waals surface area contributed by atoms with Gasteiger partial charge in [-0.3, -0.25) is 14.4 Å². The minimum absolute atomic E-state index is 0.0189. The van der Waals surface area contributed by atoms with Crippen LogP contribution in [-0.4, -0.2) is 59.1 Å². The second-order valence-corrected chi connectivity index (χ2v) is 9.61. The number of carbonyl (C=O) groups excluding carboxylic acids is 4. The average Bonchev–Trinajstić information content (AvgIpc) is 2.83. The zero-order chi connectivity index (χ0) is 28.5. The lowest BCUT2D eigenvalue weighted by atomic mass is 10.0. The molecular formula is C27H36N4O7. The molecule has 0 aliphatic rings. The molecule has 0 aliphatic carbocycles. The van der Waals surface area contributed by atoms with Crippen LogP contribution in [-0.2, 0) is 19.1 Å². The van der Waals surface area contributed by atoms with Crippen molar-refractivity contribution in [1.82, 2.24) is 10.2 Å². The molecule has 11 heteroatoms. The van der Waals surface area contributed by atoms with Gasteiger partial charge in [-0.2, -0.15) is 0 Å². The van der Waals surface area contributed by atoms with Crippen molar-refractivity contribution in [1.29, 1.82) is 0 Å². The number of primary amides is 1. The Balaban J connectivity index is 2.47. The van der Waals surface area contributed by atoms with Crippen molar-refractivity contribution in [2.24, 2.45) is 5.73 Å². The number of hydrogen-bond donors (Lipinski definition) is 4. The summed E-state index contributed by atoms with van der Waals surface area (Å²) in [5.74, 6) is -1.48. The third kappa shape index (κ3) is 8.99. The summed E-state index contributed by atoms with van der Waals surface area (Å²) >= 11 is 0. The number of amides is 4. The zero-order valence-corrected chi connectivity index (χ0v) is 22.3. The standard InChI is InChI=1S/C27H36N4O7/c1-6-15-31(25(35)21(16-22(28)33)30-26(36)38-27(2,3)4)23(17-7-11-19(32)12-8-17)24(34)29-18-9-13-20(37-5)14-10-18/h7-14,21,23,32H,6,15-16H2,1-5H3,(H2,28,33)(H,29,34)(H,30,36). The number of phenolic OH excluding ortho intramolecular Hbond substituents is 1. The fraction of sp³-hybridized carbons (Fsp3) is 0.407. The van der Waals surface area contributed by atoms with Crippen molar-refractivity contribution >= 4 is 29.5 Å². The molecule has 0 fully saturated rings. The number of rotatable bonds is 11. The van der Waals surface area contributed by atoms with Gasteiger partial charge in [-0.1, -0.05) is 19.1 Å². The molecule has 4 amide bonds. The third-order valence-electron chi connectivity index (χ3n) is 5.27. The Labute approximate surface area is 222 Å². The van der Waals surface area contributed by atoms with Crippen LogP contribution >= 0.6 is 0 Å². The quantitative estimate of drug-likeness (QED) is 0.348. The molecule has 0 heterocycles. The summed E-state index contributed by atoms with van der Waals surface area (Å²) in [4.78, 5) is 53.0. The summed E-state index contributed by atoms with van der Waals surface area (Å²) in [5.41, 5.74) is 5.40. The number of nitrogens with two attached hydrogens (primary N) is 1. The number of phenols is 1. The first-order valence-corrected chi connectivity index (χ1v) is 12.2. The highest BCUT2D eigenvalue weighted by atomic mass is 16.6. The summed E-state index contributed by atoms with van der Waals surface area (Å²) in [6.45, 7) is 6.91.